The second-order valence-electron chi connectivity index (χ2n) is 7.41. The van der Waals surface area contributed by atoms with E-state index in [1.807, 2.05) is 0 Å². The maximum Gasteiger partial charge on any atom is 0.119 e. The van der Waals surface area contributed by atoms with Gasteiger partial charge in [0.15, 0.2) is 0 Å². The lowest BCUT2D eigenvalue weighted by Gasteiger charge is -2.23. The summed E-state index contributed by atoms with van der Waals surface area (Å²) < 4.78 is 6.06. The molecule has 24 heavy (non-hydrogen) atoms. The maximum atomic E-state index is 6.06. The standard InChI is InChI=1S/C19H28N2O.2ClH/c1-2-4-18(3-1)22-19-9-6-15(7-10-19)12-21-13-16-5-8-17(14-21)20-11-16;;/h6-7,9-10,16-18,20H,1-5,8,11-14H2;2*1H/t16-,17-;;/m0../s1. The number of nitrogens with zero attached hydrogens (tertiary/aromatic N) is 1. The molecule has 0 aromatic heterocycles. The molecule has 1 aromatic rings. The molecule has 4 fully saturated rings. The van der Waals surface area contributed by atoms with E-state index in [9.17, 15) is 0 Å². The highest BCUT2D eigenvalue weighted by Crippen LogP contribution is 2.25. The van der Waals surface area contributed by atoms with Gasteiger partial charge in [-0.2, -0.15) is 0 Å². The Labute approximate surface area is 158 Å². The molecular formula is C19H30Cl2N2O. The molecule has 1 N–H and O–H groups in total. The van der Waals surface area contributed by atoms with E-state index >= 15 is 0 Å². The molecule has 3 saturated heterocycles. The van der Waals surface area contributed by atoms with Crippen LogP contribution in [0.5, 0.6) is 5.75 Å². The summed E-state index contributed by atoms with van der Waals surface area (Å²) in [6.07, 6.45) is 8.33. The smallest absolute Gasteiger partial charge is 0.119 e. The summed E-state index contributed by atoms with van der Waals surface area (Å²) in [5, 5.41) is 3.68. The molecule has 0 unspecified atom stereocenters. The lowest BCUT2D eigenvalue weighted by atomic mass is 9.97. The third-order valence-corrected chi connectivity index (χ3v) is 5.55. The van der Waals surface area contributed by atoms with Crippen LogP contribution in [-0.2, 0) is 6.54 Å². The molecule has 3 nitrogen and oxygen atoms in total. The summed E-state index contributed by atoms with van der Waals surface area (Å²) >= 11 is 0. The van der Waals surface area contributed by atoms with E-state index in [4.69, 9.17) is 4.74 Å². The van der Waals surface area contributed by atoms with Crippen LogP contribution in [-0.4, -0.2) is 36.7 Å². The second-order valence-corrected chi connectivity index (χ2v) is 7.41. The number of benzene rings is 1. The first-order chi connectivity index (χ1) is 10.8. The number of fused-ring (bicyclic) bond motifs is 4. The van der Waals surface area contributed by atoms with Gasteiger partial charge in [-0.15, -0.1) is 24.8 Å². The van der Waals surface area contributed by atoms with Crippen molar-refractivity contribution in [2.45, 2.75) is 57.2 Å². The van der Waals surface area contributed by atoms with Crippen LogP contribution in [0.3, 0.4) is 0 Å². The van der Waals surface area contributed by atoms with Crippen LogP contribution in [0.2, 0.25) is 0 Å². The summed E-state index contributed by atoms with van der Waals surface area (Å²) in [6, 6.07) is 9.55. The van der Waals surface area contributed by atoms with E-state index in [1.165, 1.54) is 63.7 Å². The van der Waals surface area contributed by atoms with Crippen LogP contribution < -0.4 is 10.1 Å². The Morgan fingerprint density at radius 3 is 2.38 bits per heavy atom. The Bertz CT molecular complexity index is 469. The molecule has 4 aliphatic rings. The minimum atomic E-state index is 0. The SMILES string of the molecule is Cl.Cl.c1cc(OC2CCCC2)ccc1CN1C[C@H]2CC[C@@H](C1)NC2. The van der Waals surface area contributed by atoms with Gasteiger partial charge in [-0.05, 0) is 68.7 Å². The third kappa shape index (κ3) is 5.01. The number of nitrogens with one attached hydrogen (secondary N) is 1. The van der Waals surface area contributed by atoms with Crippen LogP contribution in [0.25, 0.3) is 0 Å². The molecule has 3 aliphatic heterocycles. The van der Waals surface area contributed by atoms with Crippen LogP contribution >= 0.6 is 24.8 Å². The fourth-order valence-electron chi connectivity index (χ4n) is 4.30. The topological polar surface area (TPSA) is 24.5 Å². The van der Waals surface area contributed by atoms with Gasteiger partial charge in [-0.3, -0.25) is 4.90 Å². The molecule has 2 bridgehead atoms. The molecule has 0 spiro atoms. The van der Waals surface area contributed by atoms with Crippen molar-refractivity contribution in [1.82, 2.24) is 10.2 Å². The summed E-state index contributed by atoms with van der Waals surface area (Å²) in [5.41, 5.74) is 1.42. The van der Waals surface area contributed by atoms with Crippen molar-refractivity contribution in [3.05, 3.63) is 29.8 Å². The minimum Gasteiger partial charge on any atom is -0.490 e. The zero-order chi connectivity index (χ0) is 14.8. The largest absolute Gasteiger partial charge is 0.490 e. The molecule has 5 heteroatoms. The molecule has 1 aromatic carbocycles. The first kappa shape index (κ1) is 19.8. The van der Waals surface area contributed by atoms with Crippen molar-refractivity contribution in [2.24, 2.45) is 5.92 Å². The number of hydrogen-bond donors (Lipinski definition) is 1. The molecule has 0 amide bonds. The Balaban J connectivity index is 0.00000104. The number of hydrogen-bond acceptors (Lipinski definition) is 3. The van der Waals surface area contributed by atoms with Gasteiger partial charge in [0.25, 0.3) is 0 Å². The molecule has 5 rings (SSSR count). The van der Waals surface area contributed by atoms with E-state index in [0.29, 0.717) is 12.1 Å². The molecule has 0 radical (unpaired) electrons. The highest BCUT2D eigenvalue weighted by molar-refractivity contribution is 5.85. The summed E-state index contributed by atoms with van der Waals surface area (Å²) in [7, 11) is 0. The lowest BCUT2D eigenvalue weighted by molar-refractivity contribution is 0.209. The summed E-state index contributed by atoms with van der Waals surface area (Å²) in [6.45, 7) is 4.76. The second kappa shape index (κ2) is 9.28. The van der Waals surface area contributed by atoms with Crippen molar-refractivity contribution >= 4 is 24.8 Å². The Morgan fingerprint density at radius 2 is 1.71 bits per heavy atom. The van der Waals surface area contributed by atoms with Gasteiger partial charge in [-0.1, -0.05) is 12.1 Å². The molecule has 2 atom stereocenters. The zero-order valence-electron chi connectivity index (χ0n) is 14.3. The quantitative estimate of drug-likeness (QED) is 0.862. The van der Waals surface area contributed by atoms with Gasteiger partial charge in [0, 0.05) is 25.7 Å². The average molecular weight is 373 g/mol. The highest BCUT2D eigenvalue weighted by Gasteiger charge is 2.28. The van der Waals surface area contributed by atoms with E-state index < -0.39 is 0 Å². The van der Waals surface area contributed by atoms with Gasteiger partial charge < -0.3 is 10.1 Å². The molecule has 3 heterocycles. The Kier molecular flexibility index (Phi) is 7.67. The Hall–Kier alpha value is -0.480. The van der Waals surface area contributed by atoms with Crippen LogP contribution in [0.15, 0.2) is 24.3 Å². The predicted molar refractivity (Wildman–Crippen MR) is 104 cm³/mol. The molecular weight excluding hydrogens is 343 g/mol. The molecule has 136 valence electrons. The van der Waals surface area contributed by atoms with E-state index in [2.05, 4.69) is 34.5 Å². The number of ether oxygens (including phenoxy) is 1. The first-order valence-corrected chi connectivity index (χ1v) is 9.06. The predicted octanol–water partition coefficient (Wildman–Crippen LogP) is 4.04. The summed E-state index contributed by atoms with van der Waals surface area (Å²) in [4.78, 5) is 2.63. The van der Waals surface area contributed by atoms with Gasteiger partial charge in [0.05, 0.1) is 6.10 Å². The van der Waals surface area contributed by atoms with Gasteiger partial charge in [-0.25, -0.2) is 0 Å². The van der Waals surface area contributed by atoms with E-state index in [0.717, 1.165) is 18.2 Å². The van der Waals surface area contributed by atoms with Crippen LogP contribution in [0.4, 0.5) is 0 Å². The monoisotopic (exact) mass is 372 g/mol. The van der Waals surface area contributed by atoms with E-state index in [1.54, 1.807) is 0 Å². The van der Waals surface area contributed by atoms with Gasteiger partial charge >= 0.3 is 0 Å². The third-order valence-electron chi connectivity index (χ3n) is 5.55. The van der Waals surface area contributed by atoms with Crippen molar-refractivity contribution in [1.29, 1.82) is 0 Å². The molecule has 1 aliphatic carbocycles. The fourth-order valence-corrected chi connectivity index (χ4v) is 4.30. The minimum absolute atomic E-state index is 0. The summed E-state index contributed by atoms with van der Waals surface area (Å²) in [5.74, 6) is 1.90. The van der Waals surface area contributed by atoms with Crippen LogP contribution in [0.1, 0.15) is 44.1 Å². The normalized spacial score (nSPS) is 27.2. The number of piperidine rings is 1. The maximum absolute atomic E-state index is 6.06. The van der Waals surface area contributed by atoms with Crippen molar-refractivity contribution in [3.63, 3.8) is 0 Å². The van der Waals surface area contributed by atoms with Crippen molar-refractivity contribution in [2.75, 3.05) is 19.6 Å². The first-order valence-electron chi connectivity index (χ1n) is 9.06. The van der Waals surface area contributed by atoms with Gasteiger partial charge in [0.2, 0.25) is 0 Å². The Morgan fingerprint density at radius 1 is 0.958 bits per heavy atom. The lowest BCUT2D eigenvalue weighted by Crippen LogP contribution is -2.39. The van der Waals surface area contributed by atoms with Crippen molar-refractivity contribution in [3.8, 4) is 5.75 Å². The highest BCUT2D eigenvalue weighted by atomic mass is 35.5. The number of rotatable bonds is 4. The number of halogens is 2. The van der Waals surface area contributed by atoms with E-state index in [-0.39, 0.29) is 24.8 Å². The fraction of sp³-hybridized carbons (Fsp3) is 0.684. The van der Waals surface area contributed by atoms with Crippen LogP contribution in [0, 0.1) is 5.92 Å². The average Bonchev–Trinajstić information content (AvgIpc) is 2.88. The van der Waals surface area contributed by atoms with Crippen molar-refractivity contribution < 1.29 is 4.74 Å². The van der Waals surface area contributed by atoms with Gasteiger partial charge in [0.1, 0.15) is 5.75 Å². The molecule has 1 saturated carbocycles. The zero-order valence-corrected chi connectivity index (χ0v) is 15.9.